The molecule has 0 amide bonds. The minimum atomic E-state index is -0.522. The number of nitrogens with one attached hydrogen (secondary N) is 2. The van der Waals surface area contributed by atoms with Gasteiger partial charge >= 0.3 is 0 Å². The number of benzene rings is 2. The number of hydrazone groups is 1. The Kier molecular flexibility index (Phi) is 3.94. The van der Waals surface area contributed by atoms with Gasteiger partial charge in [0.2, 0.25) is 5.95 Å². The van der Waals surface area contributed by atoms with E-state index in [0.717, 1.165) is 11.0 Å². The lowest BCUT2D eigenvalue weighted by Crippen LogP contribution is -2.01. The lowest BCUT2D eigenvalue weighted by atomic mass is 10.1. The number of imidazole rings is 1. The molecule has 0 aliphatic carbocycles. The predicted molar refractivity (Wildman–Crippen MR) is 90.0 cm³/mol. The first-order valence-electron chi connectivity index (χ1n) is 6.74. The number of fused-ring (bicyclic) bond motifs is 1. The lowest BCUT2D eigenvalue weighted by molar-refractivity contribution is -0.384. The molecule has 116 valence electrons. The third-order valence-corrected chi connectivity index (χ3v) is 3.60. The minimum Gasteiger partial charge on any atom is -0.323 e. The average Bonchev–Trinajstić information content (AvgIpc) is 2.95. The smallest absolute Gasteiger partial charge is 0.288 e. The van der Waals surface area contributed by atoms with Gasteiger partial charge in [-0.2, -0.15) is 5.10 Å². The van der Waals surface area contributed by atoms with Crippen LogP contribution in [-0.2, 0) is 0 Å². The summed E-state index contributed by atoms with van der Waals surface area (Å²) in [5, 5.41) is 15.2. The number of aromatic amines is 1. The van der Waals surface area contributed by atoms with Crippen LogP contribution in [0.5, 0.6) is 0 Å². The molecule has 1 heterocycles. The molecule has 2 aromatic carbocycles. The Balaban J connectivity index is 1.84. The number of rotatable bonds is 4. The normalized spacial score (nSPS) is 11.7. The second kappa shape index (κ2) is 6.05. The first-order chi connectivity index (χ1) is 11.0. The second-order valence-electron chi connectivity index (χ2n) is 4.83. The summed E-state index contributed by atoms with van der Waals surface area (Å²) < 4.78 is 0. The van der Waals surface area contributed by atoms with Gasteiger partial charge in [0.25, 0.3) is 5.69 Å². The SMILES string of the molecule is C/C(=N\Nc1nc2ccccc2[nH]1)c1ccc(Cl)c([N+](=O)[O-])c1. The molecular formula is C15H12ClN5O2. The van der Waals surface area contributed by atoms with Crippen LogP contribution in [0.25, 0.3) is 11.0 Å². The number of nitrogens with zero attached hydrogens (tertiary/aromatic N) is 3. The molecule has 0 radical (unpaired) electrons. The zero-order chi connectivity index (χ0) is 16.4. The average molecular weight is 330 g/mol. The molecule has 8 heteroatoms. The zero-order valence-electron chi connectivity index (χ0n) is 12.1. The van der Waals surface area contributed by atoms with Crippen LogP contribution in [0.2, 0.25) is 5.02 Å². The zero-order valence-corrected chi connectivity index (χ0v) is 12.8. The molecule has 7 nitrogen and oxygen atoms in total. The Morgan fingerprint density at radius 1 is 1.35 bits per heavy atom. The molecule has 0 aliphatic heterocycles. The van der Waals surface area contributed by atoms with Gasteiger partial charge in [-0.25, -0.2) is 10.4 Å². The third-order valence-electron chi connectivity index (χ3n) is 3.28. The molecule has 3 rings (SSSR count). The van der Waals surface area contributed by atoms with Crippen LogP contribution >= 0.6 is 11.6 Å². The fourth-order valence-corrected chi connectivity index (χ4v) is 2.27. The van der Waals surface area contributed by atoms with Crippen molar-refractivity contribution in [3.63, 3.8) is 0 Å². The highest BCUT2D eigenvalue weighted by Crippen LogP contribution is 2.25. The molecule has 0 unspecified atom stereocenters. The topological polar surface area (TPSA) is 96.2 Å². The van der Waals surface area contributed by atoms with Gasteiger partial charge in [0.05, 0.1) is 21.7 Å². The van der Waals surface area contributed by atoms with Crippen LogP contribution in [0.3, 0.4) is 0 Å². The van der Waals surface area contributed by atoms with Crippen molar-refractivity contribution in [2.24, 2.45) is 5.10 Å². The fourth-order valence-electron chi connectivity index (χ4n) is 2.08. The first-order valence-corrected chi connectivity index (χ1v) is 7.12. The number of para-hydroxylation sites is 2. The van der Waals surface area contributed by atoms with Crippen LogP contribution < -0.4 is 5.43 Å². The van der Waals surface area contributed by atoms with E-state index in [0.29, 0.717) is 17.2 Å². The maximum atomic E-state index is 10.9. The van der Waals surface area contributed by atoms with Crippen molar-refractivity contribution in [2.75, 3.05) is 5.43 Å². The van der Waals surface area contributed by atoms with E-state index in [-0.39, 0.29) is 10.7 Å². The second-order valence-corrected chi connectivity index (χ2v) is 5.24. The van der Waals surface area contributed by atoms with E-state index in [1.807, 2.05) is 24.3 Å². The fraction of sp³-hybridized carbons (Fsp3) is 0.0667. The third kappa shape index (κ3) is 3.14. The summed E-state index contributed by atoms with van der Waals surface area (Å²) in [4.78, 5) is 17.8. The van der Waals surface area contributed by atoms with Crippen LogP contribution in [0, 0.1) is 10.1 Å². The van der Waals surface area contributed by atoms with E-state index < -0.39 is 4.92 Å². The molecule has 0 bridgehead atoms. The molecule has 0 saturated heterocycles. The maximum Gasteiger partial charge on any atom is 0.288 e. The Morgan fingerprint density at radius 2 is 2.13 bits per heavy atom. The van der Waals surface area contributed by atoms with Gasteiger partial charge in [0.15, 0.2) is 0 Å². The van der Waals surface area contributed by atoms with Crippen LogP contribution in [0.1, 0.15) is 12.5 Å². The summed E-state index contributed by atoms with van der Waals surface area (Å²) in [6.07, 6.45) is 0. The number of H-pyrrole nitrogens is 1. The van der Waals surface area contributed by atoms with Gasteiger partial charge in [-0.05, 0) is 25.1 Å². The Bertz CT molecular complexity index is 886. The number of anilines is 1. The lowest BCUT2D eigenvalue weighted by Gasteiger charge is -2.02. The quantitative estimate of drug-likeness (QED) is 0.430. The standard InChI is InChI=1S/C15H12ClN5O2/c1-9(10-6-7-11(16)14(8-10)21(22)23)19-20-15-17-12-4-2-3-5-13(12)18-15/h2-8H,1H3,(H2,17,18,20)/b19-9+. The number of hydrogen-bond donors (Lipinski definition) is 2. The van der Waals surface area contributed by atoms with Crippen molar-refractivity contribution >= 4 is 40.0 Å². The van der Waals surface area contributed by atoms with Gasteiger partial charge in [-0.1, -0.05) is 29.8 Å². The monoisotopic (exact) mass is 329 g/mol. The molecule has 0 atom stereocenters. The Hall–Kier alpha value is -2.93. The van der Waals surface area contributed by atoms with Crippen LogP contribution in [-0.4, -0.2) is 20.6 Å². The summed E-state index contributed by atoms with van der Waals surface area (Å²) in [6, 6.07) is 12.1. The maximum absolute atomic E-state index is 10.9. The Labute approximate surface area is 136 Å². The van der Waals surface area contributed by atoms with Gasteiger partial charge in [-0.3, -0.25) is 10.1 Å². The van der Waals surface area contributed by atoms with Crippen molar-refractivity contribution in [3.8, 4) is 0 Å². The molecule has 23 heavy (non-hydrogen) atoms. The van der Waals surface area contributed by atoms with Crippen LogP contribution in [0.4, 0.5) is 11.6 Å². The summed E-state index contributed by atoms with van der Waals surface area (Å²) in [5.41, 5.74) is 5.56. The van der Waals surface area contributed by atoms with E-state index in [4.69, 9.17) is 11.6 Å². The van der Waals surface area contributed by atoms with E-state index in [1.165, 1.54) is 12.1 Å². The van der Waals surface area contributed by atoms with E-state index in [2.05, 4.69) is 20.5 Å². The largest absolute Gasteiger partial charge is 0.323 e. The molecule has 2 N–H and O–H groups in total. The number of hydrogen-bond acceptors (Lipinski definition) is 5. The minimum absolute atomic E-state index is 0.0943. The van der Waals surface area contributed by atoms with E-state index >= 15 is 0 Å². The van der Waals surface area contributed by atoms with Crippen molar-refractivity contribution in [1.82, 2.24) is 9.97 Å². The van der Waals surface area contributed by atoms with Crippen molar-refractivity contribution in [1.29, 1.82) is 0 Å². The molecule has 1 aromatic heterocycles. The number of aromatic nitrogens is 2. The first kappa shape index (κ1) is 15.0. The molecule has 0 fully saturated rings. The van der Waals surface area contributed by atoms with Gasteiger partial charge in [-0.15, -0.1) is 0 Å². The molecule has 0 aliphatic rings. The highest BCUT2D eigenvalue weighted by atomic mass is 35.5. The van der Waals surface area contributed by atoms with Crippen molar-refractivity contribution < 1.29 is 4.92 Å². The molecular weight excluding hydrogens is 318 g/mol. The number of nitro groups is 1. The van der Waals surface area contributed by atoms with E-state index in [1.54, 1.807) is 13.0 Å². The van der Waals surface area contributed by atoms with Gasteiger partial charge in [0, 0.05) is 11.6 Å². The summed E-state index contributed by atoms with van der Waals surface area (Å²) in [5.74, 6) is 0.494. The summed E-state index contributed by atoms with van der Waals surface area (Å²) in [6.45, 7) is 1.74. The van der Waals surface area contributed by atoms with Gasteiger partial charge < -0.3 is 4.98 Å². The summed E-state index contributed by atoms with van der Waals surface area (Å²) in [7, 11) is 0. The number of halogens is 1. The molecule has 0 spiro atoms. The van der Waals surface area contributed by atoms with Gasteiger partial charge in [0.1, 0.15) is 5.02 Å². The predicted octanol–water partition coefficient (Wildman–Crippen LogP) is 3.96. The van der Waals surface area contributed by atoms with Crippen LogP contribution in [0.15, 0.2) is 47.6 Å². The van der Waals surface area contributed by atoms with Crippen molar-refractivity contribution in [3.05, 3.63) is 63.2 Å². The summed E-state index contributed by atoms with van der Waals surface area (Å²) >= 11 is 5.80. The highest BCUT2D eigenvalue weighted by Gasteiger charge is 2.13. The molecule has 3 aromatic rings. The van der Waals surface area contributed by atoms with Crippen molar-refractivity contribution in [2.45, 2.75) is 6.92 Å². The van der Waals surface area contributed by atoms with E-state index in [9.17, 15) is 10.1 Å². The Morgan fingerprint density at radius 3 is 2.87 bits per heavy atom. The number of nitro benzene ring substituents is 1. The molecule has 0 saturated carbocycles. The highest BCUT2D eigenvalue weighted by molar-refractivity contribution is 6.32.